The minimum absolute atomic E-state index is 0.125. The molecule has 0 bridgehead atoms. The third kappa shape index (κ3) is 3.18. The highest BCUT2D eigenvalue weighted by atomic mass is 35.5. The molecule has 0 fully saturated rings. The first-order valence-electron chi connectivity index (χ1n) is 8.21. The summed E-state index contributed by atoms with van der Waals surface area (Å²) < 4.78 is 1.74. The summed E-state index contributed by atoms with van der Waals surface area (Å²) in [5.41, 5.74) is 3.69. The summed E-state index contributed by atoms with van der Waals surface area (Å²) in [6.45, 7) is 9.31. The molecule has 3 aromatic heterocycles. The van der Waals surface area contributed by atoms with Crippen molar-refractivity contribution < 1.29 is 0 Å². The van der Waals surface area contributed by atoms with Gasteiger partial charge in [0.25, 0.3) is 5.69 Å². The van der Waals surface area contributed by atoms with Crippen molar-refractivity contribution in [2.24, 2.45) is 0 Å². The number of aromatic nitrogens is 5. The van der Waals surface area contributed by atoms with Crippen LogP contribution in [-0.4, -0.2) is 24.6 Å². The lowest BCUT2D eigenvalue weighted by molar-refractivity contribution is 0.841. The van der Waals surface area contributed by atoms with Crippen molar-refractivity contribution in [2.45, 2.75) is 13.0 Å². The molecule has 0 aliphatic heterocycles. The number of imidazole rings is 1. The van der Waals surface area contributed by atoms with Crippen LogP contribution in [0.5, 0.6) is 0 Å². The number of hydrogen-bond donors (Lipinski definition) is 1. The summed E-state index contributed by atoms with van der Waals surface area (Å²) in [5, 5.41) is 8.11. The molecule has 4 rings (SSSR count). The lowest BCUT2D eigenvalue weighted by atomic mass is 10.0. The van der Waals surface area contributed by atoms with E-state index in [-0.39, 0.29) is 16.9 Å². The molecule has 132 valence electrons. The number of nitrogens with one attached hydrogen (secondary N) is 1. The number of rotatable bonds is 4. The van der Waals surface area contributed by atoms with Crippen molar-refractivity contribution in [2.75, 3.05) is 5.32 Å². The van der Waals surface area contributed by atoms with Gasteiger partial charge in [-0.25, -0.2) is 24.3 Å². The van der Waals surface area contributed by atoms with Gasteiger partial charge in [-0.3, -0.25) is 0 Å². The monoisotopic (exact) mass is 375 g/mol. The van der Waals surface area contributed by atoms with Crippen LogP contribution in [-0.2, 0) is 0 Å². The normalized spacial score (nSPS) is 11.9. The Balaban J connectivity index is 1.81. The van der Waals surface area contributed by atoms with Crippen molar-refractivity contribution in [3.8, 4) is 11.3 Å². The Morgan fingerprint density at radius 3 is 2.78 bits per heavy atom. The van der Waals surface area contributed by atoms with Gasteiger partial charge in [0.05, 0.1) is 18.3 Å². The average molecular weight is 376 g/mol. The first-order valence-corrected chi connectivity index (χ1v) is 8.59. The zero-order chi connectivity index (χ0) is 18.8. The molecule has 0 saturated carbocycles. The van der Waals surface area contributed by atoms with E-state index in [9.17, 15) is 0 Å². The fourth-order valence-corrected chi connectivity index (χ4v) is 3.04. The molecule has 0 aliphatic rings. The van der Waals surface area contributed by atoms with Gasteiger partial charge in [-0.1, -0.05) is 41.9 Å². The van der Waals surface area contributed by atoms with E-state index in [4.69, 9.17) is 23.3 Å². The van der Waals surface area contributed by atoms with Crippen LogP contribution in [0.4, 0.5) is 11.5 Å². The van der Waals surface area contributed by atoms with Crippen molar-refractivity contribution in [3.05, 3.63) is 77.3 Å². The lowest BCUT2D eigenvalue weighted by Crippen LogP contribution is -2.12. The van der Waals surface area contributed by atoms with Crippen LogP contribution in [0.25, 0.3) is 21.7 Å². The van der Waals surface area contributed by atoms with Crippen LogP contribution < -0.4 is 5.32 Å². The van der Waals surface area contributed by atoms with Gasteiger partial charge in [0.2, 0.25) is 0 Å². The molecule has 3 heterocycles. The van der Waals surface area contributed by atoms with Crippen molar-refractivity contribution in [1.29, 1.82) is 0 Å². The highest BCUT2D eigenvalue weighted by Crippen LogP contribution is 2.34. The number of benzene rings is 1. The summed E-state index contributed by atoms with van der Waals surface area (Å²) in [6.07, 6.45) is 4.85. The van der Waals surface area contributed by atoms with Crippen LogP contribution in [0, 0.1) is 6.57 Å². The zero-order valence-corrected chi connectivity index (χ0v) is 15.1. The molecule has 1 N–H and O–H groups in total. The van der Waals surface area contributed by atoms with Gasteiger partial charge < -0.3 is 5.32 Å². The van der Waals surface area contributed by atoms with Gasteiger partial charge in [0.15, 0.2) is 5.65 Å². The maximum Gasteiger partial charge on any atom is 0.264 e. The third-order valence-corrected chi connectivity index (χ3v) is 4.45. The quantitative estimate of drug-likeness (QED) is 0.418. The smallest absolute Gasteiger partial charge is 0.264 e. The summed E-state index contributed by atoms with van der Waals surface area (Å²) in [7, 11) is 0. The first-order chi connectivity index (χ1) is 13.2. The molecule has 0 unspecified atom stereocenters. The fraction of sp³-hybridized carbons (Fsp3) is 0.105. The molecule has 0 aliphatic carbocycles. The maximum absolute atomic E-state index is 7.33. The highest BCUT2D eigenvalue weighted by Gasteiger charge is 2.18. The molecule has 7 nitrogen and oxygen atoms in total. The molecule has 1 aromatic carbocycles. The third-order valence-electron chi connectivity index (χ3n) is 4.17. The van der Waals surface area contributed by atoms with Gasteiger partial charge in [-0.15, -0.1) is 0 Å². The van der Waals surface area contributed by atoms with E-state index in [1.54, 1.807) is 10.7 Å². The number of fused-ring (bicyclic) bond motifs is 1. The van der Waals surface area contributed by atoms with E-state index < -0.39 is 0 Å². The van der Waals surface area contributed by atoms with Gasteiger partial charge in [0, 0.05) is 23.5 Å². The topological polar surface area (TPSA) is 72.4 Å². The maximum atomic E-state index is 7.33. The molecule has 8 heteroatoms. The predicted octanol–water partition coefficient (Wildman–Crippen LogP) is 4.56. The van der Waals surface area contributed by atoms with Crippen LogP contribution in [0.15, 0.2) is 55.1 Å². The molecule has 4 aromatic rings. The second kappa shape index (κ2) is 7.02. The van der Waals surface area contributed by atoms with Gasteiger partial charge in [-0.2, -0.15) is 5.10 Å². The summed E-state index contributed by atoms with van der Waals surface area (Å²) in [4.78, 5) is 15.8. The Morgan fingerprint density at radius 2 is 2.00 bits per heavy atom. The number of halogens is 1. The second-order valence-electron chi connectivity index (χ2n) is 5.88. The summed E-state index contributed by atoms with van der Waals surface area (Å²) in [5.74, 6) is 0.389. The lowest BCUT2D eigenvalue weighted by Gasteiger charge is -2.19. The Morgan fingerprint density at radius 1 is 1.19 bits per heavy atom. The average Bonchev–Trinajstić information content (AvgIpc) is 3.15. The minimum Gasteiger partial charge on any atom is -0.372 e. The molecule has 1 atom stereocenters. The predicted molar refractivity (Wildman–Crippen MR) is 104 cm³/mol. The van der Waals surface area contributed by atoms with Crippen LogP contribution in [0.3, 0.4) is 0 Å². The summed E-state index contributed by atoms with van der Waals surface area (Å²) >= 11 is 6.02. The van der Waals surface area contributed by atoms with E-state index in [0.29, 0.717) is 5.82 Å². The van der Waals surface area contributed by atoms with Crippen molar-refractivity contribution in [3.63, 3.8) is 0 Å². The molecule has 0 amide bonds. The van der Waals surface area contributed by atoms with E-state index in [1.807, 2.05) is 49.5 Å². The Labute approximate surface area is 160 Å². The van der Waals surface area contributed by atoms with E-state index in [1.165, 1.54) is 6.33 Å². The Hall–Kier alpha value is -3.50. The highest BCUT2D eigenvalue weighted by molar-refractivity contribution is 6.32. The molecule has 0 saturated heterocycles. The van der Waals surface area contributed by atoms with E-state index >= 15 is 0 Å². The molecule has 0 radical (unpaired) electrons. The minimum atomic E-state index is -0.194. The Bertz CT molecular complexity index is 1150. The first kappa shape index (κ1) is 16.9. The Kier molecular flexibility index (Phi) is 4.40. The molecule has 0 spiro atoms. The molecule has 27 heavy (non-hydrogen) atoms. The fourth-order valence-electron chi connectivity index (χ4n) is 2.86. The van der Waals surface area contributed by atoms with Crippen LogP contribution >= 0.6 is 11.6 Å². The van der Waals surface area contributed by atoms with Crippen molar-refractivity contribution in [1.82, 2.24) is 24.6 Å². The van der Waals surface area contributed by atoms with Crippen LogP contribution in [0.2, 0.25) is 5.15 Å². The standard InChI is InChI=1S/C19H14ClN7/c1-12(25-19-17(21-2)18(20)23-11-24-19)14-10-15-22-8-9-27(15)26-16(14)13-6-4-3-5-7-13/h3-12H,1H3,(H,23,24,25)/t12-/m0/s1. The van der Waals surface area contributed by atoms with Crippen molar-refractivity contribution >= 4 is 28.8 Å². The van der Waals surface area contributed by atoms with Gasteiger partial charge in [0.1, 0.15) is 17.3 Å². The summed E-state index contributed by atoms with van der Waals surface area (Å²) in [6, 6.07) is 11.7. The SMILES string of the molecule is [C-]#[N+]c1c(Cl)ncnc1N[C@@H](C)c1cc2nccn2nc1-c1ccccc1. The largest absolute Gasteiger partial charge is 0.372 e. The second-order valence-corrected chi connectivity index (χ2v) is 6.24. The number of hydrogen-bond acceptors (Lipinski definition) is 5. The molecular formula is C19H14ClN7. The number of nitrogens with zero attached hydrogens (tertiary/aromatic N) is 6. The number of anilines is 1. The van der Waals surface area contributed by atoms with E-state index in [2.05, 4.69) is 25.1 Å². The van der Waals surface area contributed by atoms with E-state index in [0.717, 1.165) is 22.5 Å². The molecular weight excluding hydrogens is 362 g/mol. The van der Waals surface area contributed by atoms with Gasteiger partial charge >= 0.3 is 0 Å². The van der Waals surface area contributed by atoms with Crippen LogP contribution in [0.1, 0.15) is 18.5 Å². The van der Waals surface area contributed by atoms with Gasteiger partial charge in [-0.05, 0) is 13.0 Å². The zero-order valence-electron chi connectivity index (χ0n) is 14.3.